The molecule has 2 rings (SSSR count). The van der Waals surface area contributed by atoms with E-state index in [1.807, 2.05) is 11.8 Å². The van der Waals surface area contributed by atoms with E-state index < -0.39 is 0 Å². The van der Waals surface area contributed by atoms with Crippen molar-refractivity contribution in [3.63, 3.8) is 0 Å². The van der Waals surface area contributed by atoms with Crippen LogP contribution in [0.4, 0.5) is 11.8 Å². The number of rotatable bonds is 7. The minimum absolute atomic E-state index is 0.347. The number of nitrogens with one attached hydrogen (secondary N) is 1. The number of anilines is 2. The quantitative estimate of drug-likeness (QED) is 0.762. The van der Waals surface area contributed by atoms with Gasteiger partial charge in [0.25, 0.3) is 0 Å². The smallest absolute Gasteiger partial charge is 0.223 e. The molecule has 110 valence electrons. The Bertz CT molecular complexity index is 568. The van der Waals surface area contributed by atoms with E-state index in [9.17, 15) is 0 Å². The average molecular weight is 310 g/mol. The normalized spacial score (nSPS) is 12.8. The van der Waals surface area contributed by atoms with E-state index in [1.54, 1.807) is 11.3 Å². The number of fused-ring (bicyclic) bond motifs is 1. The molecule has 0 fully saturated rings. The SMILES string of the molecule is CCSCCC(C)Nc1nc(N)nc2sc(CC)cc12. The van der Waals surface area contributed by atoms with Gasteiger partial charge in [-0.05, 0) is 37.3 Å². The maximum Gasteiger partial charge on any atom is 0.223 e. The number of nitrogens with two attached hydrogens (primary N) is 1. The minimum atomic E-state index is 0.347. The van der Waals surface area contributed by atoms with Crippen LogP contribution in [0.3, 0.4) is 0 Å². The van der Waals surface area contributed by atoms with E-state index in [0.29, 0.717) is 12.0 Å². The summed E-state index contributed by atoms with van der Waals surface area (Å²) in [6.07, 6.45) is 2.14. The van der Waals surface area contributed by atoms with Gasteiger partial charge in [-0.1, -0.05) is 13.8 Å². The van der Waals surface area contributed by atoms with E-state index >= 15 is 0 Å². The van der Waals surface area contributed by atoms with E-state index in [-0.39, 0.29) is 0 Å². The zero-order valence-electron chi connectivity index (χ0n) is 12.3. The first-order valence-electron chi connectivity index (χ1n) is 7.04. The highest BCUT2D eigenvalue weighted by Gasteiger charge is 2.12. The van der Waals surface area contributed by atoms with Gasteiger partial charge in [-0.25, -0.2) is 4.98 Å². The molecule has 0 aromatic carbocycles. The van der Waals surface area contributed by atoms with Gasteiger partial charge in [0.15, 0.2) is 0 Å². The predicted octanol–water partition coefficient (Wildman–Crippen LogP) is 3.78. The number of thiophene rings is 1. The largest absolute Gasteiger partial charge is 0.368 e. The first-order valence-corrected chi connectivity index (χ1v) is 9.01. The highest BCUT2D eigenvalue weighted by Crippen LogP contribution is 2.30. The zero-order chi connectivity index (χ0) is 14.5. The maximum atomic E-state index is 5.81. The number of aromatic nitrogens is 2. The molecule has 0 saturated carbocycles. The van der Waals surface area contributed by atoms with Gasteiger partial charge in [0.1, 0.15) is 10.6 Å². The van der Waals surface area contributed by atoms with Gasteiger partial charge in [0.2, 0.25) is 5.95 Å². The molecule has 3 N–H and O–H groups in total. The Hall–Kier alpha value is -1.01. The van der Waals surface area contributed by atoms with Crippen LogP contribution in [0, 0.1) is 0 Å². The number of aryl methyl sites for hydroxylation is 1. The summed E-state index contributed by atoms with van der Waals surface area (Å²) in [5, 5.41) is 4.58. The van der Waals surface area contributed by atoms with Gasteiger partial charge in [-0.15, -0.1) is 11.3 Å². The van der Waals surface area contributed by atoms with Crippen LogP contribution in [0.5, 0.6) is 0 Å². The number of thioether (sulfide) groups is 1. The van der Waals surface area contributed by atoms with E-state index in [2.05, 4.69) is 42.1 Å². The van der Waals surface area contributed by atoms with Crippen LogP contribution in [-0.4, -0.2) is 27.5 Å². The molecule has 0 amide bonds. The Morgan fingerprint density at radius 3 is 2.90 bits per heavy atom. The minimum Gasteiger partial charge on any atom is -0.368 e. The van der Waals surface area contributed by atoms with Crippen LogP contribution in [0.15, 0.2) is 6.07 Å². The van der Waals surface area contributed by atoms with Crippen LogP contribution in [0.2, 0.25) is 0 Å². The lowest BCUT2D eigenvalue weighted by molar-refractivity contribution is 0.768. The van der Waals surface area contributed by atoms with Gasteiger partial charge in [-0.3, -0.25) is 0 Å². The summed E-state index contributed by atoms with van der Waals surface area (Å²) in [6, 6.07) is 2.56. The molecule has 0 aliphatic rings. The summed E-state index contributed by atoms with van der Waals surface area (Å²) in [7, 11) is 0. The number of nitrogen functional groups attached to an aromatic ring is 1. The van der Waals surface area contributed by atoms with Gasteiger partial charge in [0.05, 0.1) is 5.39 Å². The second-order valence-electron chi connectivity index (χ2n) is 4.75. The summed E-state index contributed by atoms with van der Waals surface area (Å²) in [5.74, 6) is 3.55. The van der Waals surface area contributed by atoms with Gasteiger partial charge in [-0.2, -0.15) is 16.7 Å². The van der Waals surface area contributed by atoms with Crippen molar-refractivity contribution in [1.29, 1.82) is 0 Å². The lowest BCUT2D eigenvalue weighted by Gasteiger charge is -2.14. The molecule has 1 unspecified atom stereocenters. The third-order valence-electron chi connectivity index (χ3n) is 3.09. The van der Waals surface area contributed by atoms with Crippen molar-refractivity contribution in [3.05, 3.63) is 10.9 Å². The fourth-order valence-corrected chi connectivity index (χ4v) is 3.77. The molecule has 0 radical (unpaired) electrons. The number of hydrogen-bond donors (Lipinski definition) is 2. The third-order valence-corrected chi connectivity index (χ3v) is 5.20. The standard InChI is InChI=1S/C14H22N4S2/c1-4-10-8-11-12(16-9(3)6-7-19-5-2)17-14(15)18-13(11)20-10/h8-9H,4-7H2,1-3H3,(H3,15,16,17,18). The van der Waals surface area contributed by atoms with Crippen LogP contribution >= 0.6 is 23.1 Å². The second-order valence-corrected chi connectivity index (χ2v) is 7.26. The van der Waals surface area contributed by atoms with Crippen LogP contribution in [-0.2, 0) is 6.42 Å². The topological polar surface area (TPSA) is 63.8 Å². The fraction of sp³-hybridized carbons (Fsp3) is 0.571. The average Bonchev–Trinajstić information content (AvgIpc) is 2.82. The monoisotopic (exact) mass is 310 g/mol. The first-order chi connectivity index (χ1) is 9.63. The van der Waals surface area contributed by atoms with Crippen molar-refractivity contribution >= 4 is 45.1 Å². The molecule has 0 saturated heterocycles. The first kappa shape index (κ1) is 15.4. The third kappa shape index (κ3) is 3.76. The Kier molecular flexibility index (Phi) is 5.48. The van der Waals surface area contributed by atoms with Crippen LogP contribution < -0.4 is 11.1 Å². The molecule has 2 aromatic heterocycles. The maximum absolute atomic E-state index is 5.81. The number of hydrogen-bond acceptors (Lipinski definition) is 6. The molecule has 0 bridgehead atoms. The summed E-state index contributed by atoms with van der Waals surface area (Å²) in [5.41, 5.74) is 5.81. The highest BCUT2D eigenvalue weighted by molar-refractivity contribution is 7.99. The van der Waals surface area contributed by atoms with Crippen LogP contribution in [0.25, 0.3) is 10.2 Å². The summed E-state index contributed by atoms with van der Waals surface area (Å²) < 4.78 is 0. The molecular weight excluding hydrogens is 288 g/mol. The van der Waals surface area contributed by atoms with Crippen molar-refractivity contribution in [3.8, 4) is 0 Å². The molecular formula is C14H22N4S2. The fourth-order valence-electron chi connectivity index (χ4n) is 1.98. The van der Waals surface area contributed by atoms with Crippen LogP contribution in [0.1, 0.15) is 32.1 Å². The van der Waals surface area contributed by atoms with E-state index in [1.165, 1.54) is 10.6 Å². The van der Waals surface area contributed by atoms with Crippen molar-refractivity contribution in [2.24, 2.45) is 0 Å². The molecule has 4 nitrogen and oxygen atoms in total. The molecule has 2 heterocycles. The Balaban J connectivity index is 2.17. The Labute approximate surface area is 128 Å². The zero-order valence-corrected chi connectivity index (χ0v) is 13.9. The summed E-state index contributed by atoms with van der Waals surface area (Å²) in [6.45, 7) is 6.53. The molecule has 0 spiro atoms. The van der Waals surface area contributed by atoms with Gasteiger partial charge in [0, 0.05) is 10.9 Å². The van der Waals surface area contributed by atoms with E-state index in [4.69, 9.17) is 5.73 Å². The van der Waals surface area contributed by atoms with Gasteiger partial charge >= 0.3 is 0 Å². The Morgan fingerprint density at radius 1 is 1.40 bits per heavy atom. The van der Waals surface area contributed by atoms with E-state index in [0.717, 1.165) is 34.6 Å². The molecule has 0 aliphatic carbocycles. The molecule has 1 atom stereocenters. The van der Waals surface area contributed by atoms with Crippen molar-refractivity contribution in [2.75, 3.05) is 22.6 Å². The van der Waals surface area contributed by atoms with Gasteiger partial charge < -0.3 is 11.1 Å². The lowest BCUT2D eigenvalue weighted by atomic mass is 10.2. The molecule has 0 aliphatic heterocycles. The molecule has 6 heteroatoms. The van der Waals surface area contributed by atoms with Crippen molar-refractivity contribution < 1.29 is 0 Å². The van der Waals surface area contributed by atoms with Crippen molar-refractivity contribution in [1.82, 2.24) is 9.97 Å². The second kappa shape index (κ2) is 7.13. The molecule has 20 heavy (non-hydrogen) atoms. The lowest BCUT2D eigenvalue weighted by Crippen LogP contribution is -2.17. The predicted molar refractivity (Wildman–Crippen MR) is 91.9 cm³/mol. The Morgan fingerprint density at radius 2 is 2.20 bits per heavy atom. The summed E-state index contributed by atoms with van der Waals surface area (Å²) in [4.78, 5) is 11.0. The summed E-state index contributed by atoms with van der Waals surface area (Å²) >= 11 is 3.67. The number of nitrogens with zero attached hydrogens (tertiary/aromatic N) is 2. The molecule has 2 aromatic rings. The highest BCUT2D eigenvalue weighted by atomic mass is 32.2. The van der Waals surface area contributed by atoms with Crippen molar-refractivity contribution in [2.45, 2.75) is 39.7 Å².